The van der Waals surface area contributed by atoms with Crippen LogP contribution >= 0.6 is 11.6 Å². The van der Waals surface area contributed by atoms with Crippen LogP contribution in [0.3, 0.4) is 0 Å². The highest BCUT2D eigenvalue weighted by atomic mass is 35.5. The molecule has 2 aromatic rings. The molecule has 1 heterocycles. The molecule has 1 saturated carbocycles. The molecule has 220 valence electrons. The van der Waals surface area contributed by atoms with Crippen molar-refractivity contribution in [3.05, 3.63) is 58.4 Å². The van der Waals surface area contributed by atoms with Crippen molar-refractivity contribution >= 4 is 41.0 Å². The highest BCUT2D eigenvalue weighted by molar-refractivity contribution is 6.34. The highest BCUT2D eigenvalue weighted by Crippen LogP contribution is 2.55. The van der Waals surface area contributed by atoms with Crippen LogP contribution in [-0.4, -0.2) is 45.4 Å². The Morgan fingerprint density at radius 2 is 1.68 bits per heavy atom. The fourth-order valence-electron chi connectivity index (χ4n) is 4.21. The molecule has 0 radical (unpaired) electrons. The number of carbonyl (C=O) groups excluding carboxylic acids is 2. The molecule has 1 aliphatic carbocycles. The summed E-state index contributed by atoms with van der Waals surface area (Å²) in [5.41, 5.74) is -8.87. The Labute approximate surface area is 234 Å². The van der Waals surface area contributed by atoms with Gasteiger partial charge in [0.25, 0.3) is 5.91 Å². The van der Waals surface area contributed by atoms with Crippen molar-refractivity contribution in [2.75, 3.05) is 5.32 Å². The number of nitrogens with one attached hydrogen (secondary N) is 2. The average molecular weight is 606 g/mol. The number of carbonyl (C=O) groups is 2. The van der Waals surface area contributed by atoms with Crippen molar-refractivity contribution in [3.8, 4) is 6.07 Å². The van der Waals surface area contributed by atoms with Gasteiger partial charge in [0.2, 0.25) is 5.91 Å². The monoisotopic (exact) mass is 605 g/mol. The second kappa shape index (κ2) is 10.8. The summed E-state index contributed by atoms with van der Waals surface area (Å²) in [7, 11) is 0. The minimum absolute atomic E-state index is 0.00659. The van der Waals surface area contributed by atoms with Crippen LogP contribution in [0.2, 0.25) is 5.02 Å². The van der Waals surface area contributed by atoms with Gasteiger partial charge in [0, 0.05) is 31.0 Å². The predicted octanol–water partition coefficient (Wildman–Crippen LogP) is 7.16. The normalized spacial score (nSPS) is 14.8. The number of benzene rings is 1. The van der Waals surface area contributed by atoms with Crippen LogP contribution in [0.15, 0.2) is 36.5 Å². The van der Waals surface area contributed by atoms with Gasteiger partial charge >= 0.3 is 18.0 Å². The summed E-state index contributed by atoms with van der Waals surface area (Å²) < 4.78 is 96.1. The summed E-state index contributed by atoms with van der Waals surface area (Å²) in [6, 6.07) is 6.15. The van der Waals surface area contributed by atoms with Crippen molar-refractivity contribution in [1.82, 2.24) is 9.47 Å². The van der Waals surface area contributed by atoms with E-state index in [1.54, 1.807) is 0 Å². The number of rotatable bonds is 8. The van der Waals surface area contributed by atoms with Crippen LogP contribution in [0.25, 0.3) is 5.57 Å². The molecule has 0 atom stereocenters. The lowest BCUT2D eigenvalue weighted by molar-refractivity contribution is -0.350. The smallest absolute Gasteiger partial charge is 0.347 e. The van der Waals surface area contributed by atoms with Gasteiger partial charge in [-0.25, -0.2) is 4.39 Å². The standard InChI is InChI=1S/C26H23ClF7N5O2/c1-14(40)39(23(2,3)13-36)22(41)18-10-15(4-7-19(18)27)16(11-35)12-37-21-9-8-20(38(21)17-5-6-17)24(28,25(29,30)31)26(32,33)34/h4,7-12,17,35,37H,5-6H2,1-3H3/b16-12+,35-11?. The van der Waals surface area contributed by atoms with E-state index in [2.05, 4.69) is 5.32 Å². The first-order valence-corrected chi connectivity index (χ1v) is 12.3. The Morgan fingerprint density at radius 3 is 2.15 bits per heavy atom. The number of amides is 2. The van der Waals surface area contributed by atoms with Crippen LogP contribution in [0.4, 0.5) is 36.6 Å². The Kier molecular flexibility index (Phi) is 8.38. The van der Waals surface area contributed by atoms with Gasteiger partial charge in [-0.1, -0.05) is 17.7 Å². The van der Waals surface area contributed by atoms with E-state index >= 15 is 0 Å². The first-order valence-electron chi connectivity index (χ1n) is 11.9. The first kappa shape index (κ1) is 31.7. The molecule has 1 aliphatic rings. The number of allylic oxidation sites excluding steroid dienone is 1. The molecule has 1 aromatic heterocycles. The molecule has 0 bridgehead atoms. The molecular formula is C26H23ClF7N5O2. The van der Waals surface area contributed by atoms with Gasteiger partial charge in [-0.2, -0.15) is 31.6 Å². The first-order chi connectivity index (χ1) is 18.8. The number of nitrogens with zero attached hydrogens (tertiary/aromatic N) is 3. The van der Waals surface area contributed by atoms with E-state index in [1.807, 2.05) is 6.07 Å². The molecular weight excluding hydrogens is 583 g/mol. The zero-order valence-electron chi connectivity index (χ0n) is 21.7. The zero-order valence-corrected chi connectivity index (χ0v) is 22.5. The van der Waals surface area contributed by atoms with Crippen LogP contribution in [0.5, 0.6) is 0 Å². The van der Waals surface area contributed by atoms with Crippen LogP contribution < -0.4 is 5.32 Å². The second-order valence-electron chi connectivity index (χ2n) is 9.77. The third kappa shape index (κ3) is 5.81. The van der Waals surface area contributed by atoms with Crippen molar-refractivity contribution in [2.24, 2.45) is 0 Å². The molecule has 0 aliphatic heterocycles. The number of hydrogen-bond donors (Lipinski definition) is 2. The van der Waals surface area contributed by atoms with Gasteiger partial charge in [-0.15, -0.1) is 0 Å². The lowest BCUT2D eigenvalue weighted by Crippen LogP contribution is -2.51. The molecule has 2 amide bonds. The van der Waals surface area contributed by atoms with Gasteiger partial charge < -0.3 is 15.3 Å². The van der Waals surface area contributed by atoms with Crippen molar-refractivity contribution in [1.29, 1.82) is 10.7 Å². The number of hydrogen-bond acceptors (Lipinski definition) is 5. The average Bonchev–Trinajstić information content (AvgIpc) is 3.61. The van der Waals surface area contributed by atoms with Crippen molar-refractivity contribution in [2.45, 2.75) is 63.2 Å². The van der Waals surface area contributed by atoms with Crippen molar-refractivity contribution < 1.29 is 40.3 Å². The van der Waals surface area contributed by atoms with E-state index in [4.69, 9.17) is 17.0 Å². The molecule has 7 nitrogen and oxygen atoms in total. The van der Waals surface area contributed by atoms with Crippen molar-refractivity contribution in [3.63, 3.8) is 0 Å². The summed E-state index contributed by atoms with van der Waals surface area (Å²) in [6.45, 7) is 3.75. The van der Waals surface area contributed by atoms with Gasteiger partial charge in [0.15, 0.2) is 0 Å². The summed E-state index contributed by atoms with van der Waals surface area (Å²) in [5, 5.41) is 19.6. The summed E-state index contributed by atoms with van der Waals surface area (Å²) in [5.74, 6) is -1.95. The third-order valence-corrected chi connectivity index (χ3v) is 6.71. The second-order valence-corrected chi connectivity index (χ2v) is 10.2. The van der Waals surface area contributed by atoms with E-state index in [1.165, 1.54) is 32.0 Å². The van der Waals surface area contributed by atoms with E-state index in [0.717, 1.165) is 25.4 Å². The summed E-state index contributed by atoms with van der Waals surface area (Å²) in [6.07, 6.45) is -10.3. The molecule has 0 saturated heterocycles. The number of halogens is 8. The van der Waals surface area contributed by atoms with E-state index in [9.17, 15) is 45.6 Å². The number of alkyl halides is 7. The Bertz CT molecular complexity index is 1440. The van der Waals surface area contributed by atoms with Crippen LogP contribution in [0.1, 0.15) is 61.3 Å². The quantitative estimate of drug-likeness (QED) is 0.246. The largest absolute Gasteiger partial charge is 0.437 e. The number of nitriles is 1. The third-order valence-electron chi connectivity index (χ3n) is 6.38. The van der Waals surface area contributed by atoms with Gasteiger partial charge in [0.05, 0.1) is 22.3 Å². The number of anilines is 1. The number of imide groups is 1. The minimum Gasteiger partial charge on any atom is -0.347 e. The maximum Gasteiger partial charge on any atom is 0.437 e. The fourth-order valence-corrected chi connectivity index (χ4v) is 4.41. The van der Waals surface area contributed by atoms with Gasteiger partial charge in [-0.3, -0.25) is 14.5 Å². The molecule has 41 heavy (non-hydrogen) atoms. The lowest BCUT2D eigenvalue weighted by atomic mass is 10.00. The van der Waals surface area contributed by atoms with E-state index < -0.39 is 47.1 Å². The van der Waals surface area contributed by atoms with E-state index in [0.29, 0.717) is 15.5 Å². The molecule has 2 N–H and O–H groups in total. The highest BCUT2D eigenvalue weighted by Gasteiger charge is 2.75. The molecule has 0 spiro atoms. The maximum absolute atomic E-state index is 14.9. The van der Waals surface area contributed by atoms with Gasteiger partial charge in [-0.05, 0) is 56.5 Å². The van der Waals surface area contributed by atoms with Crippen LogP contribution in [-0.2, 0) is 10.5 Å². The minimum atomic E-state index is -6.29. The summed E-state index contributed by atoms with van der Waals surface area (Å²) in [4.78, 5) is 26.1. The fraction of sp³-hybridized carbons (Fsp3) is 0.385. The summed E-state index contributed by atoms with van der Waals surface area (Å²) >= 11 is 6.18. The Morgan fingerprint density at radius 1 is 1.10 bits per heavy atom. The Hall–Kier alpha value is -3.86. The maximum atomic E-state index is 14.9. The zero-order chi connectivity index (χ0) is 31.1. The SMILES string of the molecule is CC(=O)N(C(=O)c1cc(/C(C=N)=C/Nc2ccc(C(F)(C(F)(F)F)C(F)(F)F)n2C2CC2)ccc1Cl)C(C)(C)C#N. The number of aromatic nitrogens is 1. The van der Waals surface area contributed by atoms with Gasteiger partial charge in [0.1, 0.15) is 11.4 Å². The van der Waals surface area contributed by atoms with Crippen LogP contribution in [0, 0.1) is 16.7 Å². The molecule has 0 unspecified atom stereocenters. The predicted molar refractivity (Wildman–Crippen MR) is 136 cm³/mol. The topological polar surface area (TPSA) is 102 Å². The Balaban J connectivity index is 2.05. The molecule has 1 fully saturated rings. The molecule has 15 heteroatoms. The lowest BCUT2D eigenvalue weighted by Gasteiger charge is -2.31. The van der Waals surface area contributed by atoms with E-state index in [-0.39, 0.29) is 40.4 Å². The molecule has 3 rings (SSSR count). The molecule has 1 aromatic carbocycles.